The van der Waals surface area contributed by atoms with Gasteiger partial charge in [0.15, 0.2) is 0 Å². The van der Waals surface area contributed by atoms with E-state index in [9.17, 15) is 8.42 Å². The molecule has 2 nitrogen and oxygen atoms in total. The van der Waals surface area contributed by atoms with Gasteiger partial charge in [-0.2, -0.15) is 0 Å². The Hall–Kier alpha value is 0.430. The second-order valence-corrected chi connectivity index (χ2v) is 7.21. The monoisotopic (exact) mass is 200 g/mol. The zero-order chi connectivity index (χ0) is 7.00. The molecule has 0 radical (unpaired) electrons. The number of hydrogen-bond donors (Lipinski definition) is 0. The van der Waals surface area contributed by atoms with Crippen LogP contribution in [0.15, 0.2) is 0 Å². The third kappa shape index (κ3) is 2.13. The number of halogens is 1. The van der Waals surface area contributed by atoms with Gasteiger partial charge >= 0.3 is 0 Å². The van der Waals surface area contributed by atoms with Crippen LogP contribution in [0.25, 0.3) is 0 Å². The van der Waals surface area contributed by atoms with Gasteiger partial charge in [-0.1, -0.05) is 0 Å². The molecule has 0 saturated carbocycles. The van der Waals surface area contributed by atoms with E-state index in [2.05, 4.69) is 14.8 Å². The summed E-state index contributed by atoms with van der Waals surface area (Å²) < 4.78 is 20.5. The molecule has 8 heavy (non-hydrogen) atoms. The topological polar surface area (TPSA) is 34.1 Å². The highest BCUT2D eigenvalue weighted by atomic mass is 79.9. The Morgan fingerprint density at radius 3 is 1.38 bits per heavy atom. The quantitative estimate of drug-likeness (QED) is 0.556. The molecule has 0 rings (SSSR count). The van der Waals surface area contributed by atoms with Gasteiger partial charge in [-0.25, -0.2) is 8.42 Å². The first-order valence-electron chi connectivity index (χ1n) is 2.19. The van der Waals surface area contributed by atoms with Gasteiger partial charge < -0.3 is 0 Å². The maximum absolute atomic E-state index is 10.6. The lowest BCUT2D eigenvalue weighted by molar-refractivity contribution is 0.578. The van der Waals surface area contributed by atoms with E-state index in [-0.39, 0.29) is 0 Å². The predicted octanol–water partition coefficient (Wildman–Crippen LogP) is 1.51. The van der Waals surface area contributed by atoms with Gasteiger partial charge in [-0.15, -0.1) is 0 Å². The van der Waals surface area contributed by atoms with Crippen LogP contribution in [0.4, 0.5) is 0 Å². The summed E-state index contributed by atoms with van der Waals surface area (Å²) in [5.41, 5.74) is 0. The first kappa shape index (κ1) is 8.43. The standard InChI is InChI=1S/C4H9BrO2S/c1-4(2,3)8(5,6)7/h1-3H3. The average Bonchev–Trinajstić information content (AvgIpc) is 1.25. The first-order chi connectivity index (χ1) is 3.25. The van der Waals surface area contributed by atoms with Gasteiger partial charge in [-0.3, -0.25) is 0 Å². The molecular formula is C4H9BrO2S. The fraction of sp³-hybridized carbons (Fsp3) is 1.00. The SMILES string of the molecule is CC(C)(C)S(=O)(=O)Br. The Labute approximate surface area is 57.4 Å². The van der Waals surface area contributed by atoms with E-state index in [1.165, 1.54) is 0 Å². The average molecular weight is 201 g/mol. The largest absolute Gasteiger partial charge is 0.217 e. The van der Waals surface area contributed by atoms with E-state index in [1.54, 1.807) is 20.8 Å². The summed E-state index contributed by atoms with van der Waals surface area (Å²) in [6.45, 7) is 4.91. The van der Waals surface area contributed by atoms with Gasteiger partial charge in [-0.05, 0) is 20.8 Å². The van der Waals surface area contributed by atoms with Crippen molar-refractivity contribution >= 4 is 23.1 Å². The smallest absolute Gasteiger partial charge is 0.214 e. The van der Waals surface area contributed by atoms with E-state index < -0.39 is 13.0 Å². The minimum absolute atomic E-state index is 0.674. The van der Waals surface area contributed by atoms with Crippen molar-refractivity contribution in [3.05, 3.63) is 0 Å². The molecule has 0 saturated heterocycles. The molecular weight excluding hydrogens is 192 g/mol. The van der Waals surface area contributed by atoms with Crippen molar-refractivity contribution in [1.29, 1.82) is 0 Å². The normalized spacial score (nSPS) is 14.0. The van der Waals surface area contributed by atoms with E-state index in [1.807, 2.05) is 0 Å². The molecule has 0 aliphatic carbocycles. The molecule has 0 atom stereocenters. The van der Waals surface area contributed by atoms with Crippen molar-refractivity contribution in [3.8, 4) is 0 Å². The van der Waals surface area contributed by atoms with Crippen LogP contribution in [-0.4, -0.2) is 13.2 Å². The van der Waals surface area contributed by atoms with Gasteiger partial charge in [0.25, 0.3) is 0 Å². The molecule has 0 N–H and O–H groups in total. The second kappa shape index (κ2) is 1.99. The molecule has 0 bridgehead atoms. The molecule has 0 amide bonds. The van der Waals surface area contributed by atoms with Gasteiger partial charge in [0, 0.05) is 0 Å². The zero-order valence-corrected chi connectivity index (χ0v) is 7.51. The third-order valence-electron chi connectivity index (χ3n) is 0.731. The van der Waals surface area contributed by atoms with Gasteiger partial charge in [0.05, 0.1) is 19.6 Å². The summed E-state index contributed by atoms with van der Waals surface area (Å²) in [4.78, 5) is 0. The summed E-state index contributed by atoms with van der Waals surface area (Å²) in [6, 6.07) is 0. The highest BCUT2D eigenvalue weighted by Crippen LogP contribution is 2.20. The zero-order valence-electron chi connectivity index (χ0n) is 5.10. The summed E-state index contributed by atoms with van der Waals surface area (Å²) in [5.74, 6) is 0. The van der Waals surface area contributed by atoms with Crippen LogP contribution >= 0.6 is 14.8 Å². The third-order valence-corrected chi connectivity index (χ3v) is 5.11. The van der Waals surface area contributed by atoms with Gasteiger partial charge in [0.1, 0.15) is 0 Å². The summed E-state index contributed by atoms with van der Waals surface area (Å²) >= 11 is 2.57. The van der Waals surface area contributed by atoms with Crippen LogP contribution in [0, 0.1) is 0 Å². The predicted molar refractivity (Wildman–Crippen MR) is 37.6 cm³/mol. The molecule has 0 spiro atoms. The number of rotatable bonds is 0. The van der Waals surface area contributed by atoms with Crippen LogP contribution in [0.2, 0.25) is 0 Å². The van der Waals surface area contributed by atoms with Crippen LogP contribution in [-0.2, 0) is 8.27 Å². The van der Waals surface area contributed by atoms with Crippen molar-refractivity contribution in [2.24, 2.45) is 0 Å². The van der Waals surface area contributed by atoms with Crippen LogP contribution in [0.5, 0.6) is 0 Å². The minimum atomic E-state index is -3.03. The summed E-state index contributed by atoms with van der Waals surface area (Å²) in [7, 11) is -3.03. The Balaban J connectivity index is 4.53. The lowest BCUT2D eigenvalue weighted by Crippen LogP contribution is -2.21. The maximum Gasteiger partial charge on any atom is 0.214 e. The summed E-state index contributed by atoms with van der Waals surface area (Å²) in [5, 5.41) is 0. The molecule has 0 unspecified atom stereocenters. The second-order valence-electron chi connectivity index (χ2n) is 2.55. The van der Waals surface area contributed by atoms with Crippen molar-refractivity contribution in [1.82, 2.24) is 0 Å². The van der Waals surface area contributed by atoms with Crippen LogP contribution < -0.4 is 0 Å². The Morgan fingerprint density at radius 2 is 1.38 bits per heavy atom. The lowest BCUT2D eigenvalue weighted by atomic mass is 10.3. The highest BCUT2D eigenvalue weighted by molar-refractivity contribution is 9.47. The molecule has 0 heterocycles. The van der Waals surface area contributed by atoms with Crippen LogP contribution in [0.1, 0.15) is 20.8 Å². The highest BCUT2D eigenvalue weighted by Gasteiger charge is 2.25. The molecule has 0 aromatic heterocycles. The van der Waals surface area contributed by atoms with E-state index in [4.69, 9.17) is 0 Å². The Morgan fingerprint density at radius 1 is 1.25 bits per heavy atom. The first-order valence-corrected chi connectivity index (χ1v) is 5.52. The Bertz CT molecular complexity index is 163. The van der Waals surface area contributed by atoms with Crippen molar-refractivity contribution in [2.45, 2.75) is 25.5 Å². The number of hydrogen-bond acceptors (Lipinski definition) is 2. The minimum Gasteiger partial charge on any atom is -0.217 e. The lowest BCUT2D eigenvalue weighted by Gasteiger charge is -2.12. The molecule has 0 aliphatic rings. The fourth-order valence-corrected chi connectivity index (χ4v) is 0. The molecule has 4 heteroatoms. The molecule has 0 aromatic rings. The van der Waals surface area contributed by atoms with Crippen LogP contribution in [0.3, 0.4) is 0 Å². The van der Waals surface area contributed by atoms with Gasteiger partial charge in [0.2, 0.25) is 8.27 Å². The maximum atomic E-state index is 10.6. The van der Waals surface area contributed by atoms with Crippen molar-refractivity contribution < 1.29 is 8.42 Å². The Kier molecular flexibility index (Phi) is 2.10. The molecule has 0 fully saturated rings. The van der Waals surface area contributed by atoms with E-state index in [0.29, 0.717) is 0 Å². The van der Waals surface area contributed by atoms with Crippen molar-refractivity contribution in [3.63, 3.8) is 0 Å². The summed E-state index contributed by atoms with van der Waals surface area (Å²) in [6.07, 6.45) is 0. The molecule has 50 valence electrons. The van der Waals surface area contributed by atoms with E-state index >= 15 is 0 Å². The fourth-order valence-electron chi connectivity index (χ4n) is 0. The van der Waals surface area contributed by atoms with E-state index in [0.717, 1.165) is 0 Å². The molecule has 0 aromatic carbocycles. The van der Waals surface area contributed by atoms with Crippen molar-refractivity contribution in [2.75, 3.05) is 0 Å². The molecule has 0 aliphatic heterocycles.